The summed E-state index contributed by atoms with van der Waals surface area (Å²) in [5, 5.41) is 46.6. The summed E-state index contributed by atoms with van der Waals surface area (Å²) in [6.07, 6.45) is -4.62. The third-order valence-electron chi connectivity index (χ3n) is 5.78. The van der Waals surface area contributed by atoms with E-state index in [0.29, 0.717) is 6.42 Å². The first-order chi connectivity index (χ1) is 16.2. The summed E-state index contributed by atoms with van der Waals surface area (Å²) in [4.78, 5) is 23.7. The van der Waals surface area contributed by atoms with Crippen molar-refractivity contribution in [2.75, 3.05) is 46.0 Å². The Bertz CT molecular complexity index is 628. The van der Waals surface area contributed by atoms with Crippen molar-refractivity contribution >= 4 is 11.8 Å². The van der Waals surface area contributed by atoms with Gasteiger partial charge in [0.2, 0.25) is 11.8 Å². The molecule has 0 aromatic carbocycles. The molecule has 2 amide bonds. The van der Waals surface area contributed by atoms with E-state index < -0.39 is 43.6 Å². The fraction of sp³-hybridized carbons (Fsp3) is 0.905. The van der Waals surface area contributed by atoms with Gasteiger partial charge in [-0.05, 0) is 19.3 Å². The SMILES string of the molecule is CC1O[C@H](OCCNC(=O)CNCC(=O)NCCO[C@H]2OC(CO)[C@@H](O)CC2O)C(O)C[C@@H]1C. The molecule has 2 rings (SSSR count). The number of hydrogen-bond donors (Lipinski definition) is 7. The average Bonchev–Trinajstić information content (AvgIpc) is 2.78. The first kappa shape index (κ1) is 28.8. The average molecular weight is 494 g/mol. The van der Waals surface area contributed by atoms with Gasteiger partial charge in [-0.1, -0.05) is 6.92 Å². The van der Waals surface area contributed by atoms with Crippen molar-refractivity contribution in [3.8, 4) is 0 Å². The van der Waals surface area contributed by atoms with Gasteiger partial charge in [-0.25, -0.2) is 0 Å². The Balaban J connectivity index is 1.47. The largest absolute Gasteiger partial charge is 0.394 e. The lowest BCUT2D eigenvalue weighted by molar-refractivity contribution is -0.269. The summed E-state index contributed by atoms with van der Waals surface area (Å²) in [5.41, 5.74) is 0. The molecule has 0 saturated carbocycles. The quantitative estimate of drug-likeness (QED) is 0.128. The summed E-state index contributed by atoms with van der Waals surface area (Å²) in [6.45, 7) is 4.03. The molecule has 2 saturated heterocycles. The smallest absolute Gasteiger partial charge is 0.234 e. The predicted octanol–water partition coefficient (Wildman–Crippen LogP) is -3.20. The second-order valence-electron chi connectivity index (χ2n) is 8.63. The number of aliphatic hydroxyl groups excluding tert-OH is 4. The number of amides is 2. The predicted molar refractivity (Wildman–Crippen MR) is 117 cm³/mol. The Morgan fingerprint density at radius 3 is 1.94 bits per heavy atom. The van der Waals surface area contributed by atoms with E-state index in [1.165, 1.54) is 0 Å². The van der Waals surface area contributed by atoms with Gasteiger partial charge >= 0.3 is 0 Å². The molecule has 0 radical (unpaired) electrons. The molecule has 2 aliphatic heterocycles. The van der Waals surface area contributed by atoms with E-state index in [-0.39, 0.29) is 69.6 Å². The Hall–Kier alpha value is -1.42. The van der Waals surface area contributed by atoms with E-state index in [4.69, 9.17) is 24.1 Å². The summed E-state index contributed by atoms with van der Waals surface area (Å²) >= 11 is 0. The van der Waals surface area contributed by atoms with Crippen molar-refractivity contribution < 1.29 is 49.0 Å². The zero-order valence-electron chi connectivity index (χ0n) is 19.7. The highest BCUT2D eigenvalue weighted by atomic mass is 16.7. The van der Waals surface area contributed by atoms with Crippen molar-refractivity contribution in [1.82, 2.24) is 16.0 Å². The van der Waals surface area contributed by atoms with Gasteiger partial charge in [0.25, 0.3) is 0 Å². The first-order valence-corrected chi connectivity index (χ1v) is 11.6. The van der Waals surface area contributed by atoms with E-state index in [0.717, 1.165) is 0 Å². The minimum Gasteiger partial charge on any atom is -0.394 e. The lowest BCUT2D eigenvalue weighted by atomic mass is 9.95. The van der Waals surface area contributed by atoms with Gasteiger partial charge in [-0.3, -0.25) is 14.9 Å². The molecule has 0 bridgehead atoms. The van der Waals surface area contributed by atoms with Crippen LogP contribution in [0.2, 0.25) is 0 Å². The number of ether oxygens (including phenoxy) is 4. The van der Waals surface area contributed by atoms with Crippen LogP contribution < -0.4 is 16.0 Å². The molecule has 2 aliphatic rings. The lowest BCUT2D eigenvalue weighted by Crippen LogP contribution is -2.50. The molecule has 0 aliphatic carbocycles. The standard InChI is InChI=1S/C21H39N3O10/c1-12-7-15(27)20(33-13(12)2)31-5-3-23-18(29)9-22-10-19(30)24-4-6-32-21-16(28)8-14(26)17(11-25)34-21/h12-17,20-22,25-28H,3-11H2,1-2H3,(H,23,29)(H,24,30)/t12-,13?,14-,15?,16?,17?,20-,21-/m0/s1. The van der Waals surface area contributed by atoms with Crippen LogP contribution in [0.25, 0.3) is 0 Å². The number of hydrogen-bond acceptors (Lipinski definition) is 11. The van der Waals surface area contributed by atoms with Gasteiger partial charge in [0, 0.05) is 19.5 Å². The third-order valence-corrected chi connectivity index (χ3v) is 5.78. The number of rotatable bonds is 13. The maximum atomic E-state index is 11.8. The fourth-order valence-corrected chi connectivity index (χ4v) is 3.60. The van der Waals surface area contributed by atoms with Crippen LogP contribution in [-0.2, 0) is 28.5 Å². The Labute approximate surface area is 199 Å². The molecule has 0 aromatic rings. The molecule has 4 unspecified atom stereocenters. The number of carbonyl (C=O) groups is 2. The molecule has 7 N–H and O–H groups in total. The van der Waals surface area contributed by atoms with Crippen molar-refractivity contribution in [3.05, 3.63) is 0 Å². The molecule has 8 atom stereocenters. The Kier molecular flexibility index (Phi) is 12.6. The normalized spacial score (nSPS) is 33.9. The molecular formula is C21H39N3O10. The van der Waals surface area contributed by atoms with Crippen LogP contribution in [0, 0.1) is 5.92 Å². The van der Waals surface area contributed by atoms with Gasteiger partial charge in [0.1, 0.15) is 18.3 Å². The van der Waals surface area contributed by atoms with Crippen LogP contribution >= 0.6 is 0 Å². The summed E-state index contributed by atoms with van der Waals surface area (Å²) in [7, 11) is 0. The fourth-order valence-electron chi connectivity index (χ4n) is 3.60. The van der Waals surface area contributed by atoms with E-state index in [9.17, 15) is 24.9 Å². The monoisotopic (exact) mass is 493 g/mol. The van der Waals surface area contributed by atoms with E-state index in [2.05, 4.69) is 16.0 Å². The molecule has 2 fully saturated rings. The summed E-state index contributed by atoms with van der Waals surface area (Å²) in [6, 6.07) is 0. The molecule has 13 nitrogen and oxygen atoms in total. The maximum absolute atomic E-state index is 11.8. The van der Waals surface area contributed by atoms with Crippen LogP contribution in [0.5, 0.6) is 0 Å². The van der Waals surface area contributed by atoms with Crippen LogP contribution in [-0.4, -0.2) is 121 Å². The van der Waals surface area contributed by atoms with Gasteiger partial charge < -0.3 is 50.0 Å². The number of carbonyl (C=O) groups excluding carboxylic acids is 2. The van der Waals surface area contributed by atoms with Crippen molar-refractivity contribution in [2.45, 2.75) is 69.8 Å². The van der Waals surface area contributed by atoms with Crippen molar-refractivity contribution in [3.63, 3.8) is 0 Å². The molecule has 0 aromatic heterocycles. The highest BCUT2D eigenvalue weighted by molar-refractivity contribution is 5.81. The molecule has 2 heterocycles. The highest BCUT2D eigenvalue weighted by Gasteiger charge is 2.36. The Morgan fingerprint density at radius 2 is 1.38 bits per heavy atom. The van der Waals surface area contributed by atoms with E-state index in [1.54, 1.807) is 0 Å². The van der Waals surface area contributed by atoms with Gasteiger partial charge in [-0.15, -0.1) is 0 Å². The number of nitrogens with one attached hydrogen (secondary N) is 3. The van der Waals surface area contributed by atoms with Crippen molar-refractivity contribution in [1.29, 1.82) is 0 Å². The first-order valence-electron chi connectivity index (χ1n) is 11.6. The second-order valence-corrected chi connectivity index (χ2v) is 8.63. The van der Waals surface area contributed by atoms with Gasteiger partial charge in [0.05, 0.1) is 45.1 Å². The van der Waals surface area contributed by atoms with Gasteiger partial charge in [0.15, 0.2) is 12.6 Å². The number of aliphatic hydroxyl groups is 4. The van der Waals surface area contributed by atoms with Crippen LogP contribution in [0.3, 0.4) is 0 Å². The molecule has 0 spiro atoms. The van der Waals surface area contributed by atoms with Gasteiger partial charge in [-0.2, -0.15) is 0 Å². The Morgan fingerprint density at radius 1 is 0.853 bits per heavy atom. The molecule has 34 heavy (non-hydrogen) atoms. The zero-order chi connectivity index (χ0) is 25.1. The maximum Gasteiger partial charge on any atom is 0.234 e. The highest BCUT2D eigenvalue weighted by Crippen LogP contribution is 2.25. The van der Waals surface area contributed by atoms with Crippen LogP contribution in [0.4, 0.5) is 0 Å². The topological polar surface area (TPSA) is 188 Å². The van der Waals surface area contributed by atoms with E-state index >= 15 is 0 Å². The van der Waals surface area contributed by atoms with E-state index in [1.807, 2.05) is 13.8 Å². The third kappa shape index (κ3) is 9.68. The lowest BCUT2D eigenvalue weighted by Gasteiger charge is -2.36. The van der Waals surface area contributed by atoms with Crippen LogP contribution in [0.1, 0.15) is 26.7 Å². The molecular weight excluding hydrogens is 454 g/mol. The van der Waals surface area contributed by atoms with Crippen LogP contribution in [0.15, 0.2) is 0 Å². The van der Waals surface area contributed by atoms with Crippen molar-refractivity contribution in [2.24, 2.45) is 5.92 Å². The second kappa shape index (κ2) is 14.9. The molecule has 198 valence electrons. The molecule has 13 heteroatoms. The summed E-state index contributed by atoms with van der Waals surface area (Å²) < 4.78 is 21.7. The minimum absolute atomic E-state index is 0.00951. The zero-order valence-corrected chi connectivity index (χ0v) is 19.7. The minimum atomic E-state index is -1.04. The summed E-state index contributed by atoms with van der Waals surface area (Å²) in [5.74, 6) is -0.407.